The van der Waals surface area contributed by atoms with E-state index in [1.807, 2.05) is 60.7 Å². The summed E-state index contributed by atoms with van der Waals surface area (Å²) in [5, 5.41) is 12.1. The van der Waals surface area contributed by atoms with E-state index in [0.29, 0.717) is 5.69 Å². The van der Waals surface area contributed by atoms with Gasteiger partial charge in [0.2, 0.25) is 17.5 Å². The number of anilines is 3. The number of nitrogens with zero attached hydrogens (tertiary/aromatic N) is 4. The number of nitrogens with one attached hydrogen (secondary N) is 2. The predicted octanol–water partition coefficient (Wildman–Crippen LogP) is 4.21. The Morgan fingerprint density at radius 1 is 0.921 bits per heavy atom. The number of benzene rings is 3. The molecular weight excluding hydrogens is 488 g/mol. The Labute approximate surface area is 218 Å². The fourth-order valence-electron chi connectivity index (χ4n) is 4.02. The molecule has 0 saturated heterocycles. The molecule has 0 bridgehead atoms. The molecule has 0 spiro atoms. The Balaban J connectivity index is 1.66. The van der Waals surface area contributed by atoms with Crippen LogP contribution in [0.15, 0.2) is 91.3 Å². The van der Waals surface area contributed by atoms with Crippen LogP contribution in [0.1, 0.15) is 27.4 Å². The van der Waals surface area contributed by atoms with Crippen LogP contribution in [0.3, 0.4) is 0 Å². The lowest BCUT2D eigenvalue weighted by atomic mass is 9.91. The molecule has 1 aromatic heterocycles. The van der Waals surface area contributed by atoms with E-state index in [0.717, 1.165) is 17.5 Å². The number of methoxy groups -OCH3 is 1. The van der Waals surface area contributed by atoms with Gasteiger partial charge in [0.15, 0.2) is 0 Å². The van der Waals surface area contributed by atoms with E-state index in [4.69, 9.17) is 4.74 Å². The molecule has 38 heavy (non-hydrogen) atoms. The van der Waals surface area contributed by atoms with E-state index in [1.54, 1.807) is 18.2 Å². The van der Waals surface area contributed by atoms with Crippen molar-refractivity contribution in [3.05, 3.63) is 118 Å². The molecule has 2 N–H and O–H groups in total. The van der Waals surface area contributed by atoms with Gasteiger partial charge >= 0.3 is 11.7 Å². The van der Waals surface area contributed by atoms with Gasteiger partial charge < -0.3 is 9.64 Å². The number of rotatable bonds is 9. The third-order valence-electron chi connectivity index (χ3n) is 5.81. The number of nitro groups is 1. The summed E-state index contributed by atoms with van der Waals surface area (Å²) in [6.07, 6.45) is 1.12. The SMILES string of the molecule is COC(=O)c1ccccc1N(C)c1ncnc(NNC(=O)C(c2ccccc2)c2ccccc2)c1[N+](=O)[O-]. The molecular formula is C27H24N6O5. The van der Waals surface area contributed by atoms with Crippen molar-refractivity contribution in [3.8, 4) is 0 Å². The summed E-state index contributed by atoms with van der Waals surface area (Å²) in [6, 6.07) is 24.8. The molecule has 4 rings (SSSR count). The van der Waals surface area contributed by atoms with Crippen molar-refractivity contribution >= 4 is 34.9 Å². The molecule has 0 aliphatic rings. The first-order chi connectivity index (χ1) is 18.4. The standard InChI is InChI=1S/C27H24N6O5/c1-32(21-16-10-9-15-20(21)27(35)38-2)25-23(33(36)37)24(28-17-29-25)30-31-26(34)22(18-11-5-3-6-12-18)19-13-7-4-8-14-19/h3-17,22H,1-2H3,(H,31,34)(H,28,29,30). The fraction of sp³-hybridized carbons (Fsp3) is 0.111. The average Bonchev–Trinajstić information content (AvgIpc) is 2.96. The highest BCUT2D eigenvalue weighted by molar-refractivity contribution is 5.97. The van der Waals surface area contributed by atoms with Crippen LogP contribution in [0.25, 0.3) is 0 Å². The zero-order valence-corrected chi connectivity index (χ0v) is 20.6. The van der Waals surface area contributed by atoms with Crippen molar-refractivity contribution in [1.29, 1.82) is 0 Å². The number of amides is 1. The number of hydrogen-bond donors (Lipinski definition) is 2. The second kappa shape index (κ2) is 11.6. The van der Waals surface area contributed by atoms with E-state index < -0.39 is 28.4 Å². The summed E-state index contributed by atoms with van der Waals surface area (Å²) in [5.74, 6) is -2.06. The molecule has 0 saturated carbocycles. The molecule has 0 aliphatic heterocycles. The number of ether oxygens (including phenoxy) is 1. The summed E-state index contributed by atoms with van der Waals surface area (Å²) in [7, 11) is 2.77. The first-order valence-electron chi connectivity index (χ1n) is 11.5. The number of esters is 1. The van der Waals surface area contributed by atoms with Crippen LogP contribution in [-0.4, -0.2) is 40.9 Å². The lowest BCUT2D eigenvalue weighted by Gasteiger charge is -2.21. The van der Waals surface area contributed by atoms with Crippen LogP contribution in [0.2, 0.25) is 0 Å². The molecule has 1 heterocycles. The lowest BCUT2D eigenvalue weighted by Crippen LogP contribution is -2.35. The largest absolute Gasteiger partial charge is 0.465 e. The number of para-hydroxylation sites is 1. The number of hydrogen-bond acceptors (Lipinski definition) is 9. The second-order valence-electron chi connectivity index (χ2n) is 8.09. The highest BCUT2D eigenvalue weighted by atomic mass is 16.6. The summed E-state index contributed by atoms with van der Waals surface area (Å²) in [4.78, 5) is 46.5. The maximum Gasteiger partial charge on any atom is 0.355 e. The van der Waals surface area contributed by atoms with Crippen LogP contribution in [-0.2, 0) is 9.53 Å². The Bertz CT molecular complexity index is 1410. The maximum atomic E-state index is 13.3. The second-order valence-corrected chi connectivity index (χ2v) is 8.09. The molecule has 0 radical (unpaired) electrons. The number of carbonyl (C=O) groups is 2. The van der Waals surface area contributed by atoms with Crippen LogP contribution in [0.4, 0.5) is 23.0 Å². The van der Waals surface area contributed by atoms with Crippen molar-refractivity contribution in [2.75, 3.05) is 24.5 Å². The van der Waals surface area contributed by atoms with Crippen molar-refractivity contribution in [3.63, 3.8) is 0 Å². The normalized spacial score (nSPS) is 10.5. The molecule has 11 heteroatoms. The van der Waals surface area contributed by atoms with Gasteiger partial charge in [0.25, 0.3) is 0 Å². The molecule has 192 valence electrons. The van der Waals surface area contributed by atoms with Crippen molar-refractivity contribution in [2.24, 2.45) is 0 Å². The monoisotopic (exact) mass is 512 g/mol. The van der Waals surface area contributed by atoms with Crippen molar-refractivity contribution in [1.82, 2.24) is 15.4 Å². The van der Waals surface area contributed by atoms with E-state index >= 15 is 0 Å². The number of hydrazine groups is 1. The molecule has 0 unspecified atom stereocenters. The first-order valence-corrected chi connectivity index (χ1v) is 11.5. The van der Waals surface area contributed by atoms with Gasteiger partial charge in [-0.1, -0.05) is 72.8 Å². The molecule has 1 amide bonds. The van der Waals surface area contributed by atoms with Gasteiger partial charge in [-0.15, -0.1) is 0 Å². The van der Waals surface area contributed by atoms with Gasteiger partial charge in [0.1, 0.15) is 6.33 Å². The first kappa shape index (κ1) is 25.8. The molecule has 0 aliphatic carbocycles. The predicted molar refractivity (Wildman–Crippen MR) is 141 cm³/mol. The van der Waals surface area contributed by atoms with Crippen molar-refractivity contribution in [2.45, 2.75) is 5.92 Å². The summed E-state index contributed by atoms with van der Waals surface area (Å²) in [6.45, 7) is 0. The van der Waals surface area contributed by atoms with Crippen LogP contribution < -0.4 is 15.8 Å². The third kappa shape index (κ3) is 5.41. The van der Waals surface area contributed by atoms with Crippen LogP contribution in [0.5, 0.6) is 0 Å². The minimum Gasteiger partial charge on any atom is -0.465 e. The Morgan fingerprint density at radius 3 is 2.08 bits per heavy atom. The van der Waals surface area contributed by atoms with Crippen LogP contribution >= 0.6 is 0 Å². The minimum atomic E-state index is -0.681. The zero-order chi connectivity index (χ0) is 27.1. The maximum absolute atomic E-state index is 13.3. The van der Waals surface area contributed by atoms with Crippen LogP contribution in [0, 0.1) is 10.1 Å². The van der Waals surface area contributed by atoms with Gasteiger partial charge in [-0.3, -0.25) is 25.8 Å². The zero-order valence-electron chi connectivity index (χ0n) is 20.6. The van der Waals surface area contributed by atoms with Gasteiger partial charge in [-0.2, -0.15) is 0 Å². The quantitative estimate of drug-likeness (QED) is 0.192. The molecule has 3 aromatic carbocycles. The Morgan fingerprint density at radius 2 is 1.50 bits per heavy atom. The van der Waals surface area contributed by atoms with Gasteiger partial charge in [0.05, 0.1) is 29.2 Å². The Kier molecular flexibility index (Phi) is 7.87. The van der Waals surface area contributed by atoms with Crippen molar-refractivity contribution < 1.29 is 19.2 Å². The molecule has 4 aromatic rings. The fourth-order valence-corrected chi connectivity index (χ4v) is 4.02. The van der Waals surface area contributed by atoms with E-state index in [-0.39, 0.29) is 17.2 Å². The molecule has 11 nitrogen and oxygen atoms in total. The highest BCUT2D eigenvalue weighted by Gasteiger charge is 2.29. The van der Waals surface area contributed by atoms with Gasteiger partial charge in [-0.05, 0) is 23.3 Å². The molecule has 0 fully saturated rings. The number of carbonyl (C=O) groups excluding carboxylic acids is 2. The number of aromatic nitrogens is 2. The highest BCUT2D eigenvalue weighted by Crippen LogP contribution is 2.36. The molecule has 0 atom stereocenters. The van der Waals surface area contributed by atoms with Gasteiger partial charge in [-0.25, -0.2) is 14.8 Å². The van der Waals surface area contributed by atoms with Gasteiger partial charge in [0, 0.05) is 7.05 Å². The smallest absolute Gasteiger partial charge is 0.355 e. The third-order valence-corrected chi connectivity index (χ3v) is 5.81. The minimum absolute atomic E-state index is 0.0965. The average molecular weight is 513 g/mol. The topological polar surface area (TPSA) is 140 Å². The summed E-state index contributed by atoms with van der Waals surface area (Å²) < 4.78 is 4.83. The Hall–Kier alpha value is -5.32. The lowest BCUT2D eigenvalue weighted by molar-refractivity contribution is -0.383. The summed E-state index contributed by atoms with van der Waals surface area (Å²) in [5.41, 5.74) is 6.69. The summed E-state index contributed by atoms with van der Waals surface area (Å²) >= 11 is 0. The van der Waals surface area contributed by atoms with E-state index in [1.165, 1.54) is 25.1 Å². The van der Waals surface area contributed by atoms with E-state index in [2.05, 4.69) is 20.8 Å². The van der Waals surface area contributed by atoms with E-state index in [9.17, 15) is 19.7 Å².